The molecular formula is C16H22N4O. The molecule has 21 heavy (non-hydrogen) atoms. The van der Waals surface area contributed by atoms with Gasteiger partial charge in [0.25, 0.3) is 0 Å². The number of pyridine rings is 1. The largest absolute Gasteiger partial charge is 0.381 e. The van der Waals surface area contributed by atoms with Gasteiger partial charge in [-0.15, -0.1) is 0 Å². The number of rotatable bonds is 4. The van der Waals surface area contributed by atoms with Crippen molar-refractivity contribution in [1.29, 1.82) is 0 Å². The lowest BCUT2D eigenvalue weighted by Crippen LogP contribution is -2.41. The van der Waals surface area contributed by atoms with E-state index in [9.17, 15) is 0 Å². The smallest absolute Gasteiger partial charge is 0.153 e. The van der Waals surface area contributed by atoms with Crippen molar-refractivity contribution in [3.63, 3.8) is 0 Å². The van der Waals surface area contributed by atoms with Crippen LogP contribution in [0.5, 0.6) is 0 Å². The van der Waals surface area contributed by atoms with Crippen LogP contribution in [-0.2, 0) is 4.74 Å². The third-order valence-corrected chi connectivity index (χ3v) is 4.20. The van der Waals surface area contributed by atoms with E-state index in [1.807, 2.05) is 24.5 Å². The predicted octanol–water partition coefficient (Wildman–Crippen LogP) is 3.03. The maximum Gasteiger partial charge on any atom is 0.153 e. The Kier molecular flexibility index (Phi) is 3.92. The average molecular weight is 286 g/mol. The molecule has 5 nitrogen and oxygen atoms in total. The van der Waals surface area contributed by atoms with Crippen LogP contribution in [0.15, 0.2) is 36.8 Å². The number of nitrogens with zero attached hydrogens (tertiary/aromatic N) is 3. The maximum atomic E-state index is 5.88. The number of anilines is 1. The number of ether oxygens (including phenoxy) is 1. The van der Waals surface area contributed by atoms with Gasteiger partial charge >= 0.3 is 0 Å². The van der Waals surface area contributed by atoms with Crippen LogP contribution < -0.4 is 5.32 Å². The summed E-state index contributed by atoms with van der Waals surface area (Å²) >= 11 is 0. The number of hydrogen-bond acceptors (Lipinski definition) is 4. The Labute approximate surface area is 125 Å². The second-order valence-corrected chi connectivity index (χ2v) is 5.84. The first-order chi connectivity index (χ1) is 10.2. The minimum absolute atomic E-state index is 0.00164. The molecule has 2 aromatic rings. The normalized spacial score (nSPS) is 25.7. The van der Waals surface area contributed by atoms with E-state index in [0.717, 1.165) is 37.4 Å². The summed E-state index contributed by atoms with van der Waals surface area (Å²) in [6, 6.07) is 6.37. The van der Waals surface area contributed by atoms with Crippen LogP contribution in [0.4, 0.5) is 5.69 Å². The van der Waals surface area contributed by atoms with Crippen molar-refractivity contribution in [3.8, 4) is 5.82 Å². The van der Waals surface area contributed by atoms with E-state index in [1.165, 1.54) is 0 Å². The lowest BCUT2D eigenvalue weighted by atomic mass is 9.90. The van der Waals surface area contributed by atoms with Crippen molar-refractivity contribution < 1.29 is 4.74 Å². The zero-order chi connectivity index (χ0) is 14.7. The standard InChI is InChI=1S/C16H22N4O/c1-3-16(2)11-13(7-10-21-16)19-14-5-6-15(17-12-14)20-9-4-8-18-20/h4-6,8-9,12-13,19H,3,7,10-11H2,1-2H3. The van der Waals surface area contributed by atoms with Crippen molar-refractivity contribution in [2.24, 2.45) is 0 Å². The highest BCUT2D eigenvalue weighted by Gasteiger charge is 2.31. The summed E-state index contributed by atoms with van der Waals surface area (Å²) < 4.78 is 7.64. The van der Waals surface area contributed by atoms with Gasteiger partial charge in [-0.05, 0) is 44.4 Å². The second-order valence-electron chi connectivity index (χ2n) is 5.84. The summed E-state index contributed by atoms with van der Waals surface area (Å²) in [5.41, 5.74) is 1.05. The van der Waals surface area contributed by atoms with E-state index < -0.39 is 0 Å². The van der Waals surface area contributed by atoms with Crippen LogP contribution in [0.3, 0.4) is 0 Å². The quantitative estimate of drug-likeness (QED) is 0.938. The molecule has 1 aliphatic heterocycles. The Morgan fingerprint density at radius 1 is 1.48 bits per heavy atom. The lowest BCUT2D eigenvalue weighted by molar-refractivity contribution is -0.0708. The fourth-order valence-corrected chi connectivity index (χ4v) is 2.75. The molecule has 0 aliphatic carbocycles. The van der Waals surface area contributed by atoms with E-state index in [0.29, 0.717) is 6.04 Å². The number of aromatic nitrogens is 3. The summed E-state index contributed by atoms with van der Waals surface area (Å²) in [5, 5.41) is 7.75. The fourth-order valence-electron chi connectivity index (χ4n) is 2.75. The van der Waals surface area contributed by atoms with E-state index in [2.05, 4.69) is 35.3 Å². The molecule has 112 valence electrons. The highest BCUT2D eigenvalue weighted by atomic mass is 16.5. The number of hydrogen-bond donors (Lipinski definition) is 1. The SMILES string of the molecule is CCC1(C)CC(Nc2ccc(-n3cccn3)nc2)CCO1. The Bertz CT molecular complexity index is 566. The Hall–Kier alpha value is -1.88. The van der Waals surface area contributed by atoms with Gasteiger partial charge in [0, 0.05) is 25.0 Å². The molecule has 0 saturated carbocycles. The number of nitrogens with one attached hydrogen (secondary N) is 1. The summed E-state index contributed by atoms with van der Waals surface area (Å²) in [7, 11) is 0. The van der Waals surface area contributed by atoms with Gasteiger partial charge in [-0.1, -0.05) is 6.92 Å². The predicted molar refractivity (Wildman–Crippen MR) is 82.7 cm³/mol. The lowest BCUT2D eigenvalue weighted by Gasteiger charge is -2.38. The van der Waals surface area contributed by atoms with Crippen molar-refractivity contribution in [3.05, 3.63) is 36.8 Å². The van der Waals surface area contributed by atoms with Gasteiger partial charge in [0.2, 0.25) is 0 Å². The highest BCUT2D eigenvalue weighted by Crippen LogP contribution is 2.29. The maximum absolute atomic E-state index is 5.88. The molecule has 0 aromatic carbocycles. The third kappa shape index (κ3) is 3.24. The first-order valence-electron chi connectivity index (χ1n) is 7.55. The summed E-state index contributed by atoms with van der Waals surface area (Å²) in [5.74, 6) is 0.830. The van der Waals surface area contributed by atoms with Gasteiger partial charge in [0.05, 0.1) is 17.5 Å². The molecule has 2 aromatic heterocycles. The first kappa shape index (κ1) is 14.1. The molecule has 1 saturated heterocycles. The third-order valence-electron chi connectivity index (χ3n) is 4.20. The molecule has 3 heterocycles. The molecular weight excluding hydrogens is 264 g/mol. The van der Waals surface area contributed by atoms with Crippen LogP contribution in [0, 0.1) is 0 Å². The summed E-state index contributed by atoms with van der Waals surface area (Å²) in [4.78, 5) is 4.45. The molecule has 0 amide bonds. The van der Waals surface area contributed by atoms with Crippen molar-refractivity contribution >= 4 is 5.69 Å². The molecule has 1 N–H and O–H groups in total. The van der Waals surface area contributed by atoms with Crippen molar-refractivity contribution in [2.75, 3.05) is 11.9 Å². The second kappa shape index (κ2) is 5.85. The van der Waals surface area contributed by atoms with Gasteiger partial charge in [0.15, 0.2) is 5.82 Å². The van der Waals surface area contributed by atoms with Gasteiger partial charge < -0.3 is 10.1 Å². The summed E-state index contributed by atoms with van der Waals surface area (Å²) in [6.07, 6.45) is 8.63. The molecule has 1 fully saturated rings. The summed E-state index contributed by atoms with van der Waals surface area (Å²) in [6.45, 7) is 5.20. The monoisotopic (exact) mass is 286 g/mol. The molecule has 3 rings (SSSR count). The van der Waals surface area contributed by atoms with Gasteiger partial charge in [-0.2, -0.15) is 5.10 Å². The zero-order valence-electron chi connectivity index (χ0n) is 12.6. The van der Waals surface area contributed by atoms with Gasteiger partial charge in [0.1, 0.15) is 0 Å². The topological polar surface area (TPSA) is 52.0 Å². The first-order valence-corrected chi connectivity index (χ1v) is 7.55. The molecule has 1 aliphatic rings. The van der Waals surface area contributed by atoms with Gasteiger partial charge in [-0.3, -0.25) is 0 Å². The molecule has 5 heteroatoms. The van der Waals surface area contributed by atoms with E-state index in [1.54, 1.807) is 10.9 Å². The van der Waals surface area contributed by atoms with Crippen molar-refractivity contribution in [1.82, 2.24) is 14.8 Å². The zero-order valence-corrected chi connectivity index (χ0v) is 12.6. The Balaban J connectivity index is 1.65. The van der Waals surface area contributed by atoms with Crippen LogP contribution in [0.2, 0.25) is 0 Å². The van der Waals surface area contributed by atoms with Crippen LogP contribution >= 0.6 is 0 Å². The van der Waals surface area contributed by atoms with E-state index in [4.69, 9.17) is 4.74 Å². The average Bonchev–Trinajstić information content (AvgIpc) is 3.02. The van der Waals surface area contributed by atoms with E-state index in [-0.39, 0.29) is 5.60 Å². The molecule has 0 spiro atoms. The molecule has 0 bridgehead atoms. The molecule has 2 atom stereocenters. The van der Waals surface area contributed by atoms with Gasteiger partial charge in [-0.25, -0.2) is 9.67 Å². The van der Waals surface area contributed by atoms with Crippen molar-refractivity contribution in [2.45, 2.75) is 44.8 Å². The van der Waals surface area contributed by atoms with Crippen LogP contribution in [-0.4, -0.2) is 33.0 Å². The van der Waals surface area contributed by atoms with Crippen LogP contribution in [0.25, 0.3) is 5.82 Å². The Morgan fingerprint density at radius 2 is 2.38 bits per heavy atom. The molecule has 2 unspecified atom stereocenters. The fraction of sp³-hybridized carbons (Fsp3) is 0.500. The van der Waals surface area contributed by atoms with E-state index >= 15 is 0 Å². The Morgan fingerprint density at radius 3 is 3.05 bits per heavy atom. The minimum Gasteiger partial charge on any atom is -0.381 e. The minimum atomic E-state index is -0.00164. The molecule has 0 radical (unpaired) electrons. The highest BCUT2D eigenvalue weighted by molar-refractivity contribution is 5.44. The van der Waals surface area contributed by atoms with Crippen LogP contribution in [0.1, 0.15) is 33.1 Å².